The minimum Gasteiger partial charge on any atom is -0.455 e. The molecule has 4 nitrogen and oxygen atoms in total. The third-order valence-electron chi connectivity index (χ3n) is 9.90. The fourth-order valence-electron chi connectivity index (χ4n) is 7.25. The fraction of sp³-hybridized carbons (Fsp3) is 0.0625. The number of nitrogens with zero attached hydrogens (tertiary/aromatic N) is 3. The van der Waals surface area contributed by atoms with Crippen LogP contribution in [0.2, 0.25) is 19.6 Å². The Kier molecular flexibility index (Phi) is 8.13. The SMILES string of the molecule is C[Si](C)(C)c1cc(-c2cccc3c2oc2cccc(-c4nc(-c5ccccc5)nc(-c5ccc(-c6ccccc6)cc5)n4)c23)ccc1-c1ccccc1. The summed E-state index contributed by atoms with van der Waals surface area (Å²) in [5, 5.41) is 3.45. The Bertz CT molecular complexity index is 2730. The van der Waals surface area contributed by atoms with Crippen LogP contribution in [0, 0.1) is 0 Å². The number of hydrogen-bond donors (Lipinski definition) is 0. The van der Waals surface area contributed by atoms with Crippen LogP contribution < -0.4 is 5.19 Å². The largest absolute Gasteiger partial charge is 0.455 e. The van der Waals surface area contributed by atoms with Gasteiger partial charge in [-0.15, -0.1) is 0 Å². The lowest BCUT2D eigenvalue weighted by atomic mass is 9.98. The third-order valence-corrected chi connectivity index (χ3v) is 11.9. The Morgan fingerprint density at radius 2 is 0.906 bits per heavy atom. The van der Waals surface area contributed by atoms with Crippen LogP contribution in [0.5, 0.6) is 0 Å². The topological polar surface area (TPSA) is 51.8 Å². The van der Waals surface area contributed by atoms with Crippen molar-refractivity contribution in [3.05, 3.63) is 170 Å². The first-order valence-corrected chi connectivity index (χ1v) is 21.5. The second kappa shape index (κ2) is 13.3. The van der Waals surface area contributed by atoms with E-state index >= 15 is 0 Å². The molecule has 0 aliphatic rings. The maximum Gasteiger partial charge on any atom is 0.164 e. The molecule has 53 heavy (non-hydrogen) atoms. The second-order valence-corrected chi connectivity index (χ2v) is 19.5. The van der Waals surface area contributed by atoms with E-state index in [1.807, 2.05) is 48.5 Å². The molecular weight excluding hydrogens is 663 g/mol. The van der Waals surface area contributed by atoms with Crippen molar-refractivity contribution < 1.29 is 4.42 Å². The molecule has 0 fully saturated rings. The summed E-state index contributed by atoms with van der Waals surface area (Å²) in [4.78, 5) is 15.2. The van der Waals surface area contributed by atoms with Crippen LogP contribution in [0.4, 0.5) is 0 Å². The van der Waals surface area contributed by atoms with Crippen LogP contribution in [-0.2, 0) is 0 Å². The zero-order valence-electron chi connectivity index (χ0n) is 29.9. The van der Waals surface area contributed by atoms with Gasteiger partial charge in [0.2, 0.25) is 0 Å². The number of rotatable bonds is 7. The van der Waals surface area contributed by atoms with Gasteiger partial charge in [-0.25, -0.2) is 15.0 Å². The molecule has 2 aromatic heterocycles. The molecule has 0 saturated heterocycles. The van der Waals surface area contributed by atoms with Gasteiger partial charge in [-0.2, -0.15) is 0 Å². The highest BCUT2D eigenvalue weighted by Crippen LogP contribution is 2.41. The first-order valence-electron chi connectivity index (χ1n) is 18.0. The molecule has 9 rings (SSSR count). The van der Waals surface area contributed by atoms with Crippen LogP contribution in [0.3, 0.4) is 0 Å². The zero-order chi connectivity index (χ0) is 35.9. The summed E-state index contributed by atoms with van der Waals surface area (Å²) in [6.45, 7) is 7.24. The Hall–Kier alpha value is -6.43. The molecule has 5 heteroatoms. The third kappa shape index (κ3) is 6.15. The monoisotopic (exact) mass is 699 g/mol. The van der Waals surface area contributed by atoms with Crippen LogP contribution in [0.15, 0.2) is 174 Å². The molecule has 0 saturated carbocycles. The molecule has 0 aliphatic heterocycles. The van der Waals surface area contributed by atoms with Crippen molar-refractivity contribution in [1.82, 2.24) is 15.0 Å². The van der Waals surface area contributed by atoms with E-state index in [0.29, 0.717) is 17.5 Å². The fourth-order valence-corrected chi connectivity index (χ4v) is 8.87. The summed E-state index contributed by atoms with van der Waals surface area (Å²) in [5.41, 5.74) is 11.5. The van der Waals surface area contributed by atoms with E-state index in [2.05, 4.69) is 141 Å². The Balaban J connectivity index is 1.20. The summed E-state index contributed by atoms with van der Waals surface area (Å²) in [6, 6.07) is 59.2. The van der Waals surface area contributed by atoms with Crippen LogP contribution in [0.25, 0.3) is 89.5 Å². The smallest absolute Gasteiger partial charge is 0.164 e. The predicted octanol–water partition coefficient (Wildman–Crippen LogP) is 12.3. The lowest BCUT2D eigenvalue weighted by Gasteiger charge is -2.22. The molecule has 0 aliphatic carbocycles. The normalized spacial score (nSPS) is 11.7. The predicted molar refractivity (Wildman–Crippen MR) is 223 cm³/mol. The number of fused-ring (bicyclic) bond motifs is 3. The molecule has 0 spiro atoms. The number of benzene rings is 7. The van der Waals surface area contributed by atoms with Gasteiger partial charge in [0.05, 0.1) is 8.07 Å². The van der Waals surface area contributed by atoms with E-state index in [1.165, 1.54) is 21.9 Å². The molecule has 2 heterocycles. The Labute approximate surface area is 310 Å². The van der Waals surface area contributed by atoms with Crippen molar-refractivity contribution in [3.8, 4) is 67.5 Å². The van der Waals surface area contributed by atoms with Crippen LogP contribution >= 0.6 is 0 Å². The average molecular weight is 700 g/mol. The highest BCUT2D eigenvalue weighted by Gasteiger charge is 2.24. The van der Waals surface area contributed by atoms with E-state index in [0.717, 1.165) is 55.3 Å². The van der Waals surface area contributed by atoms with Gasteiger partial charge >= 0.3 is 0 Å². The molecule has 0 atom stereocenters. The second-order valence-electron chi connectivity index (χ2n) is 14.5. The summed E-state index contributed by atoms with van der Waals surface area (Å²) >= 11 is 0. The number of para-hydroxylation sites is 1. The maximum absolute atomic E-state index is 6.77. The van der Waals surface area contributed by atoms with Gasteiger partial charge in [-0.1, -0.05) is 189 Å². The van der Waals surface area contributed by atoms with Crippen molar-refractivity contribution >= 4 is 35.2 Å². The summed E-state index contributed by atoms with van der Waals surface area (Å²) in [7, 11) is -1.72. The molecule has 0 unspecified atom stereocenters. The summed E-state index contributed by atoms with van der Waals surface area (Å²) in [5.74, 6) is 1.85. The van der Waals surface area contributed by atoms with E-state index in [-0.39, 0.29) is 0 Å². The maximum atomic E-state index is 6.77. The molecule has 7 aromatic carbocycles. The van der Waals surface area contributed by atoms with Crippen LogP contribution in [0.1, 0.15) is 0 Å². The van der Waals surface area contributed by atoms with E-state index < -0.39 is 8.07 Å². The molecular formula is C48H37N3OSi. The number of furan rings is 1. The lowest BCUT2D eigenvalue weighted by Crippen LogP contribution is -2.39. The van der Waals surface area contributed by atoms with Gasteiger partial charge in [0.25, 0.3) is 0 Å². The van der Waals surface area contributed by atoms with Crippen molar-refractivity contribution in [2.24, 2.45) is 0 Å². The quantitative estimate of drug-likeness (QED) is 0.155. The highest BCUT2D eigenvalue weighted by atomic mass is 28.3. The van der Waals surface area contributed by atoms with Gasteiger partial charge < -0.3 is 4.42 Å². The molecule has 0 bridgehead atoms. The molecule has 0 N–H and O–H groups in total. The first kappa shape index (κ1) is 32.5. The Morgan fingerprint density at radius 1 is 0.396 bits per heavy atom. The van der Waals surface area contributed by atoms with E-state index in [4.69, 9.17) is 19.4 Å². The van der Waals surface area contributed by atoms with Gasteiger partial charge in [0.15, 0.2) is 17.5 Å². The molecule has 254 valence electrons. The Morgan fingerprint density at radius 3 is 1.57 bits per heavy atom. The zero-order valence-corrected chi connectivity index (χ0v) is 30.9. The lowest BCUT2D eigenvalue weighted by molar-refractivity contribution is 0.670. The van der Waals surface area contributed by atoms with Gasteiger partial charge in [-0.05, 0) is 33.9 Å². The molecule has 9 aromatic rings. The minimum atomic E-state index is -1.72. The van der Waals surface area contributed by atoms with Crippen molar-refractivity contribution in [3.63, 3.8) is 0 Å². The average Bonchev–Trinajstić information content (AvgIpc) is 3.61. The molecule has 0 radical (unpaired) electrons. The van der Waals surface area contributed by atoms with Crippen LogP contribution in [-0.4, -0.2) is 23.0 Å². The van der Waals surface area contributed by atoms with E-state index in [1.54, 1.807) is 0 Å². The van der Waals surface area contributed by atoms with Crippen molar-refractivity contribution in [2.45, 2.75) is 19.6 Å². The summed E-state index contributed by atoms with van der Waals surface area (Å²) < 4.78 is 6.77. The molecule has 0 amide bonds. The summed E-state index contributed by atoms with van der Waals surface area (Å²) in [6.07, 6.45) is 0. The van der Waals surface area contributed by atoms with Gasteiger partial charge in [-0.3, -0.25) is 0 Å². The first-order chi connectivity index (χ1) is 25.9. The minimum absolute atomic E-state index is 0.605. The number of hydrogen-bond acceptors (Lipinski definition) is 4. The highest BCUT2D eigenvalue weighted by molar-refractivity contribution is 6.89. The van der Waals surface area contributed by atoms with Gasteiger partial charge in [0, 0.05) is 33.0 Å². The number of aromatic nitrogens is 3. The van der Waals surface area contributed by atoms with E-state index in [9.17, 15) is 0 Å². The van der Waals surface area contributed by atoms with Gasteiger partial charge in [0.1, 0.15) is 11.2 Å². The standard InChI is InChI=1S/C48H37N3OSi/c1-53(2,3)43-31-37(29-30-38(43)34-17-9-5-10-18-34)39-21-13-22-40-44-41(23-14-24-42(44)52-45(39)40)48-50-46(35-19-11-6-12-20-35)49-47(51-48)36-27-25-33(26-28-36)32-15-7-4-8-16-32/h4-31H,1-3H3. The van der Waals surface area contributed by atoms with Crippen molar-refractivity contribution in [1.29, 1.82) is 0 Å². The van der Waals surface area contributed by atoms with Crippen molar-refractivity contribution in [2.75, 3.05) is 0 Å².